The van der Waals surface area contributed by atoms with Crippen LogP contribution in [0.1, 0.15) is 11.5 Å². The number of ether oxygens (including phenoxy) is 1. The highest BCUT2D eigenvalue weighted by Gasteiger charge is 2.11. The van der Waals surface area contributed by atoms with Crippen molar-refractivity contribution in [3.05, 3.63) is 41.5 Å². The maximum Gasteiger partial charge on any atom is 0.318 e. The Morgan fingerprint density at radius 2 is 2.05 bits per heavy atom. The highest BCUT2D eigenvalue weighted by atomic mass is 19.1. The number of methoxy groups -OCH3 is 1. The van der Waals surface area contributed by atoms with Crippen molar-refractivity contribution in [1.29, 1.82) is 0 Å². The lowest BCUT2D eigenvalue weighted by Gasteiger charge is -2.13. The number of benzene rings is 1. The molecule has 0 fully saturated rings. The van der Waals surface area contributed by atoms with Gasteiger partial charge in [-0.3, -0.25) is 0 Å². The van der Waals surface area contributed by atoms with E-state index in [1.54, 1.807) is 19.2 Å². The second-order valence-corrected chi connectivity index (χ2v) is 4.63. The van der Waals surface area contributed by atoms with E-state index in [9.17, 15) is 4.39 Å². The molecule has 0 aliphatic rings. The van der Waals surface area contributed by atoms with Crippen molar-refractivity contribution in [1.82, 2.24) is 15.5 Å². The summed E-state index contributed by atoms with van der Waals surface area (Å²) in [5.74, 6) is 0.274. The fraction of sp³-hybridized carbons (Fsp3) is 0.429. The lowest BCUT2D eigenvalue weighted by atomic mass is 10.2. The molecule has 0 aliphatic heterocycles. The normalized spacial score (nSPS) is 10.8. The molecular formula is C14H19FN4O2. The Hall–Kier alpha value is -1.99. The van der Waals surface area contributed by atoms with E-state index in [0.717, 1.165) is 12.1 Å². The number of rotatable bonds is 8. The summed E-state index contributed by atoms with van der Waals surface area (Å²) in [7, 11) is 3.50. The molecule has 6 nitrogen and oxygen atoms in total. The summed E-state index contributed by atoms with van der Waals surface area (Å²) >= 11 is 0. The molecule has 0 aliphatic carbocycles. The van der Waals surface area contributed by atoms with Crippen LogP contribution in [0, 0.1) is 5.82 Å². The monoisotopic (exact) mass is 294 g/mol. The topological polar surface area (TPSA) is 63.4 Å². The third-order valence-electron chi connectivity index (χ3n) is 2.87. The van der Waals surface area contributed by atoms with Crippen LogP contribution in [0.3, 0.4) is 0 Å². The van der Waals surface area contributed by atoms with Gasteiger partial charge in [-0.2, -0.15) is 0 Å². The third kappa shape index (κ3) is 4.80. The highest BCUT2D eigenvalue weighted by molar-refractivity contribution is 5.27. The van der Waals surface area contributed by atoms with Crippen LogP contribution < -0.4 is 10.2 Å². The van der Waals surface area contributed by atoms with Crippen LogP contribution in [-0.4, -0.2) is 37.5 Å². The quantitative estimate of drug-likeness (QED) is 0.746. The van der Waals surface area contributed by atoms with Gasteiger partial charge in [0.05, 0.1) is 13.2 Å². The molecule has 114 valence electrons. The molecule has 0 unspecified atom stereocenters. The lowest BCUT2D eigenvalue weighted by molar-refractivity contribution is 0.198. The van der Waals surface area contributed by atoms with Crippen molar-refractivity contribution in [3.8, 4) is 0 Å². The first-order valence-corrected chi connectivity index (χ1v) is 6.66. The summed E-state index contributed by atoms with van der Waals surface area (Å²) in [5, 5.41) is 11.1. The van der Waals surface area contributed by atoms with E-state index >= 15 is 0 Å². The molecular weight excluding hydrogens is 275 g/mol. The average Bonchev–Trinajstić information content (AvgIpc) is 2.95. The summed E-state index contributed by atoms with van der Waals surface area (Å²) in [6, 6.07) is 6.76. The predicted octanol–water partition coefficient (Wildman–Crippen LogP) is 1.58. The SMILES string of the molecule is COCCNCc1nnc(N(C)Cc2ccc(F)cc2)o1. The Morgan fingerprint density at radius 1 is 1.29 bits per heavy atom. The molecule has 0 saturated carbocycles. The van der Waals surface area contributed by atoms with Gasteiger partial charge in [0.2, 0.25) is 5.89 Å². The average molecular weight is 294 g/mol. The molecule has 2 rings (SSSR count). The van der Waals surface area contributed by atoms with Crippen LogP contribution in [0.2, 0.25) is 0 Å². The first-order chi connectivity index (χ1) is 10.2. The Kier molecular flexibility index (Phi) is 5.65. The molecule has 0 radical (unpaired) electrons. The van der Waals surface area contributed by atoms with E-state index in [0.29, 0.717) is 31.6 Å². The van der Waals surface area contributed by atoms with Gasteiger partial charge in [0.15, 0.2) is 0 Å². The molecule has 2 aromatic rings. The summed E-state index contributed by atoms with van der Waals surface area (Å²) in [6.07, 6.45) is 0. The van der Waals surface area contributed by atoms with Crippen LogP contribution >= 0.6 is 0 Å². The summed E-state index contributed by atoms with van der Waals surface area (Å²) in [6.45, 7) is 2.42. The molecule has 0 saturated heterocycles. The van der Waals surface area contributed by atoms with Crippen molar-refractivity contribution < 1.29 is 13.5 Å². The van der Waals surface area contributed by atoms with E-state index in [-0.39, 0.29) is 5.82 Å². The fourth-order valence-corrected chi connectivity index (χ4v) is 1.77. The van der Waals surface area contributed by atoms with Gasteiger partial charge in [0.25, 0.3) is 0 Å². The van der Waals surface area contributed by atoms with Crippen molar-refractivity contribution in [2.24, 2.45) is 0 Å². The molecule has 0 atom stereocenters. The number of nitrogens with zero attached hydrogens (tertiary/aromatic N) is 3. The largest absolute Gasteiger partial charge is 0.407 e. The first-order valence-electron chi connectivity index (χ1n) is 6.66. The Morgan fingerprint density at radius 3 is 2.76 bits per heavy atom. The number of nitrogens with one attached hydrogen (secondary N) is 1. The minimum absolute atomic E-state index is 0.247. The van der Waals surface area contributed by atoms with E-state index in [1.165, 1.54) is 12.1 Å². The number of aromatic nitrogens is 2. The number of hydrogen-bond donors (Lipinski definition) is 1. The van der Waals surface area contributed by atoms with Crippen LogP contribution in [-0.2, 0) is 17.8 Å². The van der Waals surface area contributed by atoms with Crippen molar-refractivity contribution in [2.75, 3.05) is 32.2 Å². The van der Waals surface area contributed by atoms with Crippen molar-refractivity contribution in [3.63, 3.8) is 0 Å². The van der Waals surface area contributed by atoms with E-state index in [1.807, 2.05) is 11.9 Å². The zero-order chi connectivity index (χ0) is 15.1. The number of anilines is 1. The maximum atomic E-state index is 12.9. The lowest BCUT2D eigenvalue weighted by Crippen LogP contribution is -2.18. The van der Waals surface area contributed by atoms with Gasteiger partial charge < -0.3 is 19.4 Å². The van der Waals surface area contributed by atoms with Crippen molar-refractivity contribution >= 4 is 6.01 Å². The van der Waals surface area contributed by atoms with E-state index in [4.69, 9.17) is 9.15 Å². The molecule has 0 amide bonds. The minimum atomic E-state index is -0.247. The summed E-state index contributed by atoms with van der Waals surface area (Å²) in [5.41, 5.74) is 0.969. The highest BCUT2D eigenvalue weighted by Crippen LogP contribution is 2.14. The fourth-order valence-electron chi connectivity index (χ4n) is 1.77. The van der Waals surface area contributed by atoms with Gasteiger partial charge in [-0.15, -0.1) is 5.10 Å². The van der Waals surface area contributed by atoms with E-state index in [2.05, 4.69) is 15.5 Å². The van der Waals surface area contributed by atoms with Gasteiger partial charge in [0.1, 0.15) is 5.82 Å². The zero-order valence-electron chi connectivity index (χ0n) is 12.2. The Labute approximate surface area is 122 Å². The van der Waals surface area contributed by atoms with E-state index < -0.39 is 0 Å². The molecule has 1 aromatic carbocycles. The molecule has 1 heterocycles. The Balaban J connectivity index is 1.86. The maximum absolute atomic E-state index is 12.9. The molecule has 1 N–H and O–H groups in total. The Bertz CT molecular complexity index is 544. The number of hydrogen-bond acceptors (Lipinski definition) is 6. The van der Waals surface area contributed by atoms with Gasteiger partial charge in [-0.1, -0.05) is 17.2 Å². The van der Waals surface area contributed by atoms with Crippen molar-refractivity contribution in [2.45, 2.75) is 13.1 Å². The molecule has 0 spiro atoms. The van der Waals surface area contributed by atoms with Crippen LogP contribution in [0.4, 0.5) is 10.4 Å². The molecule has 21 heavy (non-hydrogen) atoms. The molecule has 0 bridgehead atoms. The van der Waals surface area contributed by atoms with Crippen LogP contribution in [0.15, 0.2) is 28.7 Å². The summed E-state index contributed by atoms with van der Waals surface area (Å²) < 4.78 is 23.3. The third-order valence-corrected chi connectivity index (χ3v) is 2.87. The van der Waals surface area contributed by atoms with Gasteiger partial charge in [0, 0.05) is 27.2 Å². The standard InChI is InChI=1S/C14H19FN4O2/c1-19(10-11-3-5-12(15)6-4-11)14-18-17-13(21-14)9-16-7-8-20-2/h3-6,16H,7-10H2,1-2H3. The zero-order valence-corrected chi connectivity index (χ0v) is 12.2. The van der Waals surface area contributed by atoms with Gasteiger partial charge in [-0.25, -0.2) is 4.39 Å². The second-order valence-electron chi connectivity index (χ2n) is 4.63. The molecule has 1 aromatic heterocycles. The molecule has 7 heteroatoms. The second kappa shape index (κ2) is 7.70. The van der Waals surface area contributed by atoms with Gasteiger partial charge >= 0.3 is 6.01 Å². The predicted molar refractivity (Wildman–Crippen MR) is 76.4 cm³/mol. The first kappa shape index (κ1) is 15.4. The van der Waals surface area contributed by atoms with Gasteiger partial charge in [-0.05, 0) is 17.7 Å². The minimum Gasteiger partial charge on any atom is -0.407 e. The smallest absolute Gasteiger partial charge is 0.318 e. The van der Waals surface area contributed by atoms with Crippen LogP contribution in [0.5, 0.6) is 0 Å². The summed E-state index contributed by atoms with van der Waals surface area (Å²) in [4.78, 5) is 1.82. The van der Waals surface area contributed by atoms with Crippen LogP contribution in [0.25, 0.3) is 0 Å². The number of halogens is 1.